The van der Waals surface area contributed by atoms with Crippen LogP contribution < -0.4 is 0 Å². The molecule has 3 heteroatoms. The van der Waals surface area contributed by atoms with Crippen molar-refractivity contribution in [2.75, 3.05) is 0 Å². The Bertz CT molecular complexity index is 727. The summed E-state index contributed by atoms with van der Waals surface area (Å²) in [6.45, 7) is 6.66. The van der Waals surface area contributed by atoms with Crippen LogP contribution in [0.1, 0.15) is 42.0 Å². The molecule has 0 radical (unpaired) electrons. The molecule has 100 valence electrons. The highest BCUT2D eigenvalue weighted by molar-refractivity contribution is 7.09. The first kappa shape index (κ1) is 13.1. The molecule has 1 aliphatic carbocycles. The van der Waals surface area contributed by atoms with Crippen LogP contribution in [0.5, 0.6) is 0 Å². The van der Waals surface area contributed by atoms with Crippen molar-refractivity contribution in [3.63, 3.8) is 0 Å². The van der Waals surface area contributed by atoms with Crippen molar-refractivity contribution in [1.29, 1.82) is 5.26 Å². The summed E-state index contributed by atoms with van der Waals surface area (Å²) in [6, 6.07) is 10.0. The Labute approximate surface area is 123 Å². The highest BCUT2D eigenvalue weighted by atomic mass is 32.1. The minimum Gasteiger partial charge on any atom is -0.244 e. The minimum atomic E-state index is 0.277. The molecule has 1 aromatic heterocycles. The number of hydrogen-bond donors (Lipinski definition) is 0. The minimum absolute atomic E-state index is 0.277. The van der Waals surface area contributed by atoms with Crippen molar-refractivity contribution in [2.45, 2.75) is 27.2 Å². The maximum atomic E-state index is 8.93. The van der Waals surface area contributed by atoms with Gasteiger partial charge >= 0.3 is 0 Å². The fourth-order valence-corrected chi connectivity index (χ4v) is 3.12. The highest BCUT2D eigenvalue weighted by Crippen LogP contribution is 2.56. The number of rotatable bonds is 2. The second kappa shape index (κ2) is 4.57. The maximum Gasteiger partial charge on any atom is 0.0991 e. The molecular formula is C17H16N2S. The van der Waals surface area contributed by atoms with E-state index >= 15 is 0 Å². The van der Waals surface area contributed by atoms with Crippen LogP contribution in [0.3, 0.4) is 0 Å². The Kier molecular flexibility index (Phi) is 2.99. The molecule has 20 heavy (non-hydrogen) atoms. The first-order valence-corrected chi connectivity index (χ1v) is 7.55. The third-order valence-electron chi connectivity index (χ3n) is 3.90. The number of benzene rings is 1. The van der Waals surface area contributed by atoms with E-state index in [1.165, 1.54) is 21.6 Å². The average molecular weight is 280 g/mol. The predicted molar refractivity (Wildman–Crippen MR) is 82.4 cm³/mol. The second-order valence-electron chi connectivity index (χ2n) is 5.86. The van der Waals surface area contributed by atoms with Crippen LogP contribution in [0.4, 0.5) is 0 Å². The average Bonchev–Trinajstić information content (AvgIpc) is 2.84. The first-order chi connectivity index (χ1) is 9.53. The topological polar surface area (TPSA) is 36.7 Å². The van der Waals surface area contributed by atoms with Crippen LogP contribution in [0.2, 0.25) is 0 Å². The summed E-state index contributed by atoms with van der Waals surface area (Å²) in [5.74, 6) is 0. The fourth-order valence-electron chi connectivity index (χ4n) is 2.54. The van der Waals surface area contributed by atoms with Gasteiger partial charge in [0.2, 0.25) is 0 Å². The lowest BCUT2D eigenvalue weighted by Crippen LogP contribution is -1.94. The molecular weight excluding hydrogens is 264 g/mol. The van der Waals surface area contributed by atoms with Crippen molar-refractivity contribution < 1.29 is 0 Å². The van der Waals surface area contributed by atoms with E-state index in [1.807, 2.05) is 29.8 Å². The van der Waals surface area contributed by atoms with Crippen LogP contribution in [0.15, 0.2) is 35.3 Å². The molecule has 0 bridgehead atoms. The molecule has 0 aliphatic heterocycles. The summed E-state index contributed by atoms with van der Waals surface area (Å²) in [6.07, 6.45) is 1.12. The van der Waals surface area contributed by atoms with Gasteiger partial charge in [-0.3, -0.25) is 0 Å². The maximum absolute atomic E-state index is 8.93. The van der Waals surface area contributed by atoms with Crippen LogP contribution in [-0.2, 0) is 0 Å². The number of thiazole rings is 1. The highest BCUT2D eigenvalue weighted by Gasteiger charge is 2.42. The third kappa shape index (κ3) is 2.17. The van der Waals surface area contributed by atoms with Crippen LogP contribution >= 0.6 is 11.3 Å². The van der Waals surface area contributed by atoms with Gasteiger partial charge in [-0.15, -0.1) is 11.3 Å². The molecule has 0 amide bonds. The lowest BCUT2D eigenvalue weighted by atomic mass is 9.97. The van der Waals surface area contributed by atoms with E-state index < -0.39 is 0 Å². The van der Waals surface area contributed by atoms with E-state index in [1.54, 1.807) is 11.3 Å². The van der Waals surface area contributed by atoms with Crippen molar-refractivity contribution in [3.8, 4) is 6.07 Å². The first-order valence-electron chi connectivity index (χ1n) is 6.67. The Morgan fingerprint density at radius 1 is 1.30 bits per heavy atom. The van der Waals surface area contributed by atoms with E-state index in [0.29, 0.717) is 5.56 Å². The number of allylic oxidation sites excluding steroid dienone is 1. The van der Waals surface area contributed by atoms with Gasteiger partial charge in [0.15, 0.2) is 0 Å². The quantitative estimate of drug-likeness (QED) is 0.809. The van der Waals surface area contributed by atoms with Gasteiger partial charge < -0.3 is 0 Å². The molecule has 3 rings (SSSR count). The van der Waals surface area contributed by atoms with E-state index in [-0.39, 0.29) is 5.41 Å². The molecule has 0 saturated heterocycles. The molecule has 0 spiro atoms. The Morgan fingerprint density at radius 3 is 2.40 bits per heavy atom. The molecule has 2 aromatic rings. The standard InChI is InChI=1S/C17H16N2S/c1-11-16(19-10-20-11)15(14-8-17(14,2)3)13-6-4-12(9-18)5-7-13/h4-7,10H,8H2,1-3H3/b15-14+. The van der Waals surface area contributed by atoms with Crippen molar-refractivity contribution >= 4 is 16.9 Å². The van der Waals surface area contributed by atoms with Crippen LogP contribution in [0, 0.1) is 23.7 Å². The Morgan fingerprint density at radius 2 is 1.95 bits per heavy atom. The van der Waals surface area contributed by atoms with Crippen LogP contribution in [-0.4, -0.2) is 4.98 Å². The molecule has 1 fully saturated rings. The fraction of sp³-hybridized carbons (Fsp3) is 0.294. The van der Waals surface area contributed by atoms with E-state index in [0.717, 1.165) is 12.1 Å². The Hall–Kier alpha value is -1.92. The number of nitriles is 1. The largest absolute Gasteiger partial charge is 0.244 e. The molecule has 0 unspecified atom stereocenters. The Balaban J connectivity index is 2.15. The van der Waals surface area contributed by atoms with Gasteiger partial charge in [0, 0.05) is 10.5 Å². The SMILES string of the molecule is Cc1scnc1/C(=C1\CC1(C)C)c1ccc(C#N)cc1. The normalized spacial score (nSPS) is 18.5. The van der Waals surface area contributed by atoms with Gasteiger partial charge in [0.05, 0.1) is 22.8 Å². The molecule has 0 atom stereocenters. The summed E-state index contributed by atoms with van der Waals surface area (Å²) in [7, 11) is 0. The molecule has 1 aliphatic rings. The molecule has 1 heterocycles. The van der Waals surface area contributed by atoms with Crippen LogP contribution in [0.25, 0.3) is 5.57 Å². The van der Waals surface area contributed by atoms with Crippen molar-refractivity contribution in [1.82, 2.24) is 4.98 Å². The number of nitrogens with zero attached hydrogens (tertiary/aromatic N) is 2. The van der Waals surface area contributed by atoms with E-state index in [4.69, 9.17) is 5.26 Å². The van der Waals surface area contributed by atoms with Gasteiger partial charge in [-0.2, -0.15) is 5.26 Å². The number of aryl methyl sites for hydroxylation is 1. The molecule has 1 saturated carbocycles. The lowest BCUT2D eigenvalue weighted by Gasteiger charge is -2.08. The number of hydrogen-bond acceptors (Lipinski definition) is 3. The van der Waals surface area contributed by atoms with Gasteiger partial charge in [0.1, 0.15) is 0 Å². The zero-order chi connectivity index (χ0) is 14.3. The predicted octanol–water partition coefficient (Wildman–Crippen LogP) is 4.56. The van der Waals surface area contributed by atoms with Gasteiger partial charge in [0.25, 0.3) is 0 Å². The summed E-state index contributed by atoms with van der Waals surface area (Å²) in [5, 5.41) is 8.93. The zero-order valence-corrected chi connectivity index (χ0v) is 12.7. The second-order valence-corrected chi connectivity index (χ2v) is 6.92. The summed E-state index contributed by atoms with van der Waals surface area (Å²) >= 11 is 1.68. The smallest absolute Gasteiger partial charge is 0.0991 e. The van der Waals surface area contributed by atoms with Gasteiger partial charge in [-0.25, -0.2) is 4.98 Å². The lowest BCUT2D eigenvalue weighted by molar-refractivity contribution is 0.687. The summed E-state index contributed by atoms with van der Waals surface area (Å²) < 4.78 is 0. The van der Waals surface area contributed by atoms with Gasteiger partial charge in [-0.1, -0.05) is 31.6 Å². The monoisotopic (exact) mass is 280 g/mol. The summed E-state index contributed by atoms with van der Waals surface area (Å²) in [4.78, 5) is 5.81. The molecule has 0 N–H and O–H groups in total. The zero-order valence-electron chi connectivity index (χ0n) is 11.9. The third-order valence-corrected chi connectivity index (χ3v) is 4.65. The summed E-state index contributed by atoms with van der Waals surface area (Å²) in [5.41, 5.74) is 7.88. The van der Waals surface area contributed by atoms with E-state index in [2.05, 4.69) is 31.8 Å². The van der Waals surface area contributed by atoms with Gasteiger partial charge in [-0.05, 0) is 36.5 Å². The van der Waals surface area contributed by atoms with E-state index in [9.17, 15) is 0 Å². The van der Waals surface area contributed by atoms with Crippen molar-refractivity contribution in [2.24, 2.45) is 5.41 Å². The van der Waals surface area contributed by atoms with Crippen molar-refractivity contribution in [3.05, 3.63) is 57.0 Å². The molecule has 1 aromatic carbocycles. The number of aromatic nitrogens is 1. The molecule has 2 nitrogen and oxygen atoms in total.